The summed E-state index contributed by atoms with van der Waals surface area (Å²) in [4.78, 5) is 20.2. The Morgan fingerprint density at radius 3 is 2.79 bits per heavy atom. The van der Waals surface area contributed by atoms with E-state index in [2.05, 4.69) is 26.0 Å². The summed E-state index contributed by atoms with van der Waals surface area (Å²) in [6.45, 7) is 0. The molecule has 3 aromatic rings. The first-order valence-corrected chi connectivity index (χ1v) is 7.20. The number of halogens is 1. The quantitative estimate of drug-likeness (QED) is 0.685. The first-order valence-electron chi connectivity index (χ1n) is 6.82. The maximum Gasteiger partial charge on any atom is 0.340 e. The molecule has 3 rings (SSSR count). The van der Waals surface area contributed by atoms with Gasteiger partial charge in [0, 0.05) is 16.8 Å². The molecule has 0 atom stereocenters. The molecule has 0 radical (unpaired) electrons. The molecular weight excluding hydrogens is 334 g/mol. The van der Waals surface area contributed by atoms with Crippen LogP contribution in [0.2, 0.25) is 5.02 Å². The summed E-state index contributed by atoms with van der Waals surface area (Å²) in [6, 6.07) is 10.2. The highest BCUT2D eigenvalue weighted by Crippen LogP contribution is 2.20. The number of pyridine rings is 1. The van der Waals surface area contributed by atoms with E-state index in [0.717, 1.165) is 5.56 Å². The topological polar surface area (TPSA) is 102 Å². The van der Waals surface area contributed by atoms with Crippen molar-refractivity contribution in [2.24, 2.45) is 0 Å². The van der Waals surface area contributed by atoms with Gasteiger partial charge in [0.25, 0.3) is 5.91 Å². The Hall–Kier alpha value is -3.13. The number of carbonyl (C=O) groups excluding carboxylic acids is 1. The van der Waals surface area contributed by atoms with Gasteiger partial charge < -0.3 is 9.26 Å². The van der Waals surface area contributed by atoms with E-state index in [-0.39, 0.29) is 17.5 Å². The zero-order chi connectivity index (χ0) is 16.9. The Labute approximate surface area is 141 Å². The van der Waals surface area contributed by atoms with Crippen LogP contribution in [0.3, 0.4) is 0 Å². The van der Waals surface area contributed by atoms with E-state index in [0.29, 0.717) is 10.8 Å². The molecule has 1 amide bonds. The molecule has 9 heteroatoms. The average molecular weight is 346 g/mol. The van der Waals surface area contributed by atoms with Crippen LogP contribution in [0.1, 0.15) is 10.4 Å². The minimum atomic E-state index is -0.453. The summed E-state index contributed by atoms with van der Waals surface area (Å²) >= 11 is 5.83. The molecule has 2 N–H and O–H groups in total. The van der Waals surface area contributed by atoms with Gasteiger partial charge in [0.2, 0.25) is 11.7 Å². The van der Waals surface area contributed by atoms with Gasteiger partial charge in [-0.1, -0.05) is 16.8 Å². The van der Waals surface area contributed by atoms with Crippen LogP contribution in [-0.4, -0.2) is 28.1 Å². The lowest BCUT2D eigenvalue weighted by Gasteiger charge is -2.07. The van der Waals surface area contributed by atoms with Crippen molar-refractivity contribution in [3.63, 3.8) is 0 Å². The summed E-state index contributed by atoms with van der Waals surface area (Å²) in [6.07, 6.45) is 1.53. The summed E-state index contributed by atoms with van der Waals surface area (Å²) in [5.74, 6) is 0.123. The highest BCUT2D eigenvalue weighted by Gasteiger charge is 2.14. The summed E-state index contributed by atoms with van der Waals surface area (Å²) in [7, 11) is 1.43. The fraction of sp³-hybridized carbons (Fsp3) is 0.0667. The van der Waals surface area contributed by atoms with Crippen LogP contribution in [-0.2, 0) is 0 Å². The van der Waals surface area contributed by atoms with Crippen LogP contribution in [0.15, 0.2) is 47.1 Å². The number of nitrogens with zero attached hydrogens (tertiary/aromatic N) is 3. The van der Waals surface area contributed by atoms with E-state index in [1.807, 2.05) is 0 Å². The van der Waals surface area contributed by atoms with Crippen LogP contribution in [0.5, 0.6) is 5.88 Å². The van der Waals surface area contributed by atoms with Crippen molar-refractivity contribution >= 4 is 23.5 Å². The number of benzene rings is 1. The number of hydrogen-bond donors (Lipinski definition) is 2. The molecule has 0 spiro atoms. The normalized spacial score (nSPS) is 10.2. The molecule has 2 aromatic heterocycles. The molecule has 0 fully saturated rings. The number of methoxy groups -OCH3 is 1. The van der Waals surface area contributed by atoms with Crippen molar-refractivity contribution in [1.29, 1.82) is 0 Å². The Morgan fingerprint density at radius 2 is 2.04 bits per heavy atom. The number of ether oxygens (including phenoxy) is 1. The maximum atomic E-state index is 12.1. The van der Waals surface area contributed by atoms with E-state index < -0.39 is 5.91 Å². The Balaban J connectivity index is 1.67. The van der Waals surface area contributed by atoms with Crippen molar-refractivity contribution in [3.8, 4) is 17.3 Å². The largest absolute Gasteiger partial charge is 0.480 e. The number of aromatic nitrogens is 3. The molecular formula is C15H12ClN5O3. The molecule has 0 bridgehead atoms. The minimum absolute atomic E-state index is 0.0381. The number of anilines is 1. The van der Waals surface area contributed by atoms with E-state index in [4.69, 9.17) is 20.9 Å². The molecule has 24 heavy (non-hydrogen) atoms. The van der Waals surface area contributed by atoms with Gasteiger partial charge in [0.15, 0.2) is 0 Å². The Bertz CT molecular complexity index is 850. The third-order valence-electron chi connectivity index (χ3n) is 3.02. The lowest BCUT2D eigenvalue weighted by Crippen LogP contribution is -2.30. The predicted octanol–water partition coefficient (Wildman–Crippen LogP) is 2.55. The highest BCUT2D eigenvalue weighted by molar-refractivity contribution is 6.30. The number of carbonyl (C=O) groups is 1. The van der Waals surface area contributed by atoms with Crippen molar-refractivity contribution in [1.82, 2.24) is 20.6 Å². The van der Waals surface area contributed by atoms with Crippen LogP contribution in [0.25, 0.3) is 11.4 Å². The first-order chi connectivity index (χ1) is 11.7. The third kappa shape index (κ3) is 3.44. The summed E-state index contributed by atoms with van der Waals surface area (Å²) in [5.41, 5.74) is 5.99. The zero-order valence-corrected chi connectivity index (χ0v) is 13.2. The van der Waals surface area contributed by atoms with Gasteiger partial charge in [-0.3, -0.25) is 10.2 Å². The third-order valence-corrected chi connectivity index (χ3v) is 3.27. The first kappa shape index (κ1) is 15.8. The fourth-order valence-electron chi connectivity index (χ4n) is 1.89. The van der Waals surface area contributed by atoms with E-state index >= 15 is 0 Å². The van der Waals surface area contributed by atoms with Crippen molar-refractivity contribution in [2.45, 2.75) is 0 Å². The number of amides is 1. The highest BCUT2D eigenvalue weighted by atomic mass is 35.5. The molecule has 0 aliphatic rings. The van der Waals surface area contributed by atoms with Crippen LogP contribution >= 0.6 is 11.6 Å². The minimum Gasteiger partial charge on any atom is -0.480 e. The molecule has 0 saturated carbocycles. The monoisotopic (exact) mass is 345 g/mol. The molecule has 1 aromatic carbocycles. The van der Waals surface area contributed by atoms with E-state index in [9.17, 15) is 4.79 Å². The molecule has 8 nitrogen and oxygen atoms in total. The Kier molecular flexibility index (Phi) is 4.57. The summed E-state index contributed by atoms with van der Waals surface area (Å²) in [5, 5.41) is 4.43. The number of hydrogen-bond acceptors (Lipinski definition) is 7. The molecule has 122 valence electrons. The van der Waals surface area contributed by atoms with Gasteiger partial charge in [-0.2, -0.15) is 4.98 Å². The van der Waals surface area contributed by atoms with Gasteiger partial charge in [-0.25, -0.2) is 10.4 Å². The van der Waals surface area contributed by atoms with Crippen molar-refractivity contribution in [3.05, 3.63) is 53.2 Å². The van der Waals surface area contributed by atoms with Gasteiger partial charge in [0.1, 0.15) is 5.56 Å². The summed E-state index contributed by atoms with van der Waals surface area (Å²) < 4.78 is 10.1. The molecule has 0 aliphatic carbocycles. The van der Waals surface area contributed by atoms with Crippen LogP contribution in [0, 0.1) is 0 Å². The molecule has 0 unspecified atom stereocenters. The lowest BCUT2D eigenvalue weighted by atomic mass is 10.2. The van der Waals surface area contributed by atoms with Crippen LogP contribution in [0.4, 0.5) is 6.01 Å². The van der Waals surface area contributed by atoms with Crippen LogP contribution < -0.4 is 15.6 Å². The van der Waals surface area contributed by atoms with Crippen molar-refractivity contribution in [2.75, 3.05) is 12.5 Å². The van der Waals surface area contributed by atoms with E-state index in [1.54, 1.807) is 36.4 Å². The number of hydrazine groups is 1. The van der Waals surface area contributed by atoms with Gasteiger partial charge in [0.05, 0.1) is 7.11 Å². The van der Waals surface area contributed by atoms with Gasteiger partial charge in [-0.05, 0) is 36.4 Å². The lowest BCUT2D eigenvalue weighted by molar-refractivity contribution is 0.0957. The van der Waals surface area contributed by atoms with Gasteiger partial charge in [-0.15, -0.1) is 0 Å². The Morgan fingerprint density at radius 1 is 1.25 bits per heavy atom. The number of rotatable bonds is 5. The van der Waals surface area contributed by atoms with E-state index in [1.165, 1.54) is 13.3 Å². The molecule has 0 aliphatic heterocycles. The zero-order valence-electron chi connectivity index (χ0n) is 12.5. The van der Waals surface area contributed by atoms with Crippen molar-refractivity contribution < 1.29 is 14.1 Å². The van der Waals surface area contributed by atoms with Gasteiger partial charge >= 0.3 is 6.01 Å². The second-order valence-electron chi connectivity index (χ2n) is 4.57. The molecule has 2 heterocycles. The fourth-order valence-corrected chi connectivity index (χ4v) is 2.02. The predicted molar refractivity (Wildman–Crippen MR) is 86.6 cm³/mol. The maximum absolute atomic E-state index is 12.1. The second kappa shape index (κ2) is 6.97. The average Bonchev–Trinajstić information content (AvgIpc) is 3.09. The SMILES string of the molecule is COc1ncccc1C(=O)NNc1nc(-c2ccc(Cl)cc2)no1. The number of nitrogens with one attached hydrogen (secondary N) is 2. The molecule has 0 saturated heterocycles. The second-order valence-corrected chi connectivity index (χ2v) is 5.01. The standard InChI is InChI=1S/C15H12ClN5O3/c1-23-14-11(3-2-8-17-14)13(22)19-20-15-18-12(21-24-15)9-4-6-10(16)7-5-9/h2-8H,1H3,(H,19,22)(H,18,20,21). The smallest absolute Gasteiger partial charge is 0.340 e.